The summed E-state index contributed by atoms with van der Waals surface area (Å²) < 4.78 is 21.9. The molecule has 0 aliphatic carbocycles. The van der Waals surface area contributed by atoms with Gasteiger partial charge in [-0.2, -0.15) is 14.8 Å². The molecule has 2 aromatic heterocycles. The van der Waals surface area contributed by atoms with Gasteiger partial charge in [-0.05, 0) is 69.2 Å². The number of carbonyl (C=O) groups is 1. The lowest BCUT2D eigenvalue weighted by atomic mass is 10.0. The van der Waals surface area contributed by atoms with E-state index in [0.29, 0.717) is 22.0 Å². The molecule has 0 saturated heterocycles. The SMILES string of the molecule is Cc1cccc2c(=O)n(Cc3ccc(C#N)cc3)nc(-c3ccc(NCCC(=O)OC(C)(C)C)nc3F)c12. The second-order valence-electron chi connectivity index (χ2n) is 9.92. The maximum atomic E-state index is 15.3. The van der Waals surface area contributed by atoms with E-state index in [-0.39, 0.29) is 42.4 Å². The van der Waals surface area contributed by atoms with Gasteiger partial charge in [0.15, 0.2) is 0 Å². The fourth-order valence-electron chi connectivity index (χ4n) is 4.06. The van der Waals surface area contributed by atoms with E-state index < -0.39 is 11.5 Å². The van der Waals surface area contributed by atoms with Crippen molar-refractivity contribution in [1.29, 1.82) is 5.26 Å². The third-order valence-corrected chi connectivity index (χ3v) is 5.77. The molecule has 2 aromatic carbocycles. The molecule has 0 aliphatic heterocycles. The van der Waals surface area contributed by atoms with Crippen LogP contribution >= 0.6 is 0 Å². The van der Waals surface area contributed by atoms with Crippen LogP contribution in [0, 0.1) is 24.2 Å². The number of nitriles is 1. The van der Waals surface area contributed by atoms with Crippen LogP contribution in [0.25, 0.3) is 22.0 Å². The Balaban J connectivity index is 1.66. The molecule has 4 rings (SSSR count). The van der Waals surface area contributed by atoms with Gasteiger partial charge in [0.25, 0.3) is 5.56 Å². The summed E-state index contributed by atoms with van der Waals surface area (Å²) in [5, 5.41) is 17.5. The number of anilines is 1. The molecule has 2 heterocycles. The fraction of sp³-hybridized carbons (Fsp3) is 0.276. The number of esters is 1. The number of rotatable bonds is 7. The van der Waals surface area contributed by atoms with Crippen LogP contribution in [0.15, 0.2) is 59.4 Å². The normalized spacial score (nSPS) is 11.3. The number of benzene rings is 2. The van der Waals surface area contributed by atoms with Crippen molar-refractivity contribution in [2.75, 3.05) is 11.9 Å². The Morgan fingerprint density at radius 1 is 1.13 bits per heavy atom. The first-order valence-corrected chi connectivity index (χ1v) is 12.2. The molecule has 194 valence electrons. The molecule has 8 nitrogen and oxygen atoms in total. The smallest absolute Gasteiger partial charge is 0.308 e. The summed E-state index contributed by atoms with van der Waals surface area (Å²) in [7, 11) is 0. The number of ether oxygens (including phenoxy) is 1. The summed E-state index contributed by atoms with van der Waals surface area (Å²) in [5.41, 5.74) is 1.65. The zero-order valence-corrected chi connectivity index (χ0v) is 21.7. The van der Waals surface area contributed by atoms with E-state index in [1.807, 2.05) is 13.0 Å². The van der Waals surface area contributed by atoms with Gasteiger partial charge in [-0.3, -0.25) is 9.59 Å². The number of hydrogen-bond donors (Lipinski definition) is 1. The highest BCUT2D eigenvalue weighted by Gasteiger charge is 2.19. The van der Waals surface area contributed by atoms with Crippen molar-refractivity contribution in [1.82, 2.24) is 14.8 Å². The van der Waals surface area contributed by atoms with E-state index in [1.165, 1.54) is 4.68 Å². The zero-order chi connectivity index (χ0) is 27.4. The summed E-state index contributed by atoms with van der Waals surface area (Å²) in [6.07, 6.45) is 0.105. The molecule has 9 heteroatoms. The Morgan fingerprint density at radius 2 is 1.87 bits per heavy atom. The maximum Gasteiger partial charge on any atom is 0.308 e. The zero-order valence-electron chi connectivity index (χ0n) is 21.7. The van der Waals surface area contributed by atoms with Crippen LogP contribution in [0.5, 0.6) is 0 Å². The Morgan fingerprint density at radius 3 is 2.53 bits per heavy atom. The monoisotopic (exact) mass is 513 g/mol. The van der Waals surface area contributed by atoms with Gasteiger partial charge in [0, 0.05) is 11.9 Å². The number of pyridine rings is 1. The number of halogens is 1. The maximum absolute atomic E-state index is 15.3. The average molecular weight is 514 g/mol. The van der Waals surface area contributed by atoms with E-state index in [4.69, 9.17) is 10.00 Å². The summed E-state index contributed by atoms with van der Waals surface area (Å²) in [5.74, 6) is -0.854. The van der Waals surface area contributed by atoms with Gasteiger partial charge in [-0.1, -0.05) is 24.3 Å². The number of nitrogens with one attached hydrogen (secondary N) is 1. The van der Waals surface area contributed by atoms with E-state index in [9.17, 15) is 9.59 Å². The van der Waals surface area contributed by atoms with Crippen molar-refractivity contribution in [3.63, 3.8) is 0 Å². The molecule has 0 fully saturated rings. The molecule has 0 saturated carbocycles. The third kappa shape index (κ3) is 6.03. The quantitative estimate of drug-likeness (QED) is 0.274. The first-order valence-electron chi connectivity index (χ1n) is 12.2. The van der Waals surface area contributed by atoms with Gasteiger partial charge in [-0.15, -0.1) is 0 Å². The lowest BCUT2D eigenvalue weighted by Gasteiger charge is -2.19. The first kappa shape index (κ1) is 26.5. The van der Waals surface area contributed by atoms with Crippen molar-refractivity contribution in [2.45, 2.75) is 46.3 Å². The minimum Gasteiger partial charge on any atom is -0.460 e. The molecule has 0 amide bonds. The van der Waals surface area contributed by atoms with Gasteiger partial charge in [0.05, 0.1) is 35.5 Å². The molecule has 4 aromatic rings. The van der Waals surface area contributed by atoms with Gasteiger partial charge < -0.3 is 10.1 Å². The van der Waals surface area contributed by atoms with Crippen LogP contribution in [0.2, 0.25) is 0 Å². The lowest BCUT2D eigenvalue weighted by Crippen LogP contribution is -2.25. The van der Waals surface area contributed by atoms with Crippen LogP contribution in [0.3, 0.4) is 0 Å². The molecule has 0 unspecified atom stereocenters. The van der Waals surface area contributed by atoms with E-state index in [1.54, 1.807) is 69.3 Å². The van der Waals surface area contributed by atoms with Gasteiger partial charge in [0.2, 0.25) is 5.95 Å². The molecule has 1 N–H and O–H groups in total. The number of hydrogen-bond acceptors (Lipinski definition) is 7. The minimum atomic E-state index is -0.757. The van der Waals surface area contributed by atoms with Gasteiger partial charge in [0.1, 0.15) is 17.1 Å². The second-order valence-corrected chi connectivity index (χ2v) is 9.92. The predicted molar refractivity (Wildman–Crippen MR) is 143 cm³/mol. The highest BCUT2D eigenvalue weighted by atomic mass is 19.1. The van der Waals surface area contributed by atoms with Crippen LogP contribution < -0.4 is 10.9 Å². The highest BCUT2D eigenvalue weighted by molar-refractivity contribution is 5.96. The highest BCUT2D eigenvalue weighted by Crippen LogP contribution is 2.29. The molecule has 38 heavy (non-hydrogen) atoms. The van der Waals surface area contributed by atoms with Gasteiger partial charge in [-0.25, -0.2) is 9.67 Å². The van der Waals surface area contributed by atoms with E-state index in [0.717, 1.165) is 11.1 Å². The predicted octanol–water partition coefficient (Wildman–Crippen LogP) is 4.97. The topological polar surface area (TPSA) is 110 Å². The fourth-order valence-corrected chi connectivity index (χ4v) is 4.06. The molecule has 0 radical (unpaired) electrons. The number of aromatic nitrogens is 3. The molecule has 0 atom stereocenters. The Hall–Kier alpha value is -4.58. The summed E-state index contributed by atoms with van der Waals surface area (Å²) in [4.78, 5) is 29.2. The van der Waals surface area contributed by atoms with Crippen LogP contribution in [-0.2, 0) is 16.1 Å². The van der Waals surface area contributed by atoms with Crippen molar-refractivity contribution in [3.05, 3.63) is 87.6 Å². The number of fused-ring (bicyclic) bond motifs is 1. The van der Waals surface area contributed by atoms with Crippen LogP contribution in [0.1, 0.15) is 43.9 Å². The van der Waals surface area contributed by atoms with Crippen molar-refractivity contribution < 1.29 is 13.9 Å². The average Bonchev–Trinajstić information content (AvgIpc) is 2.85. The number of nitrogens with zero attached hydrogens (tertiary/aromatic N) is 4. The molecular weight excluding hydrogens is 485 g/mol. The summed E-state index contributed by atoms with van der Waals surface area (Å²) >= 11 is 0. The summed E-state index contributed by atoms with van der Waals surface area (Å²) in [6.45, 7) is 7.61. The van der Waals surface area contributed by atoms with Crippen molar-refractivity contribution >= 4 is 22.6 Å². The molecule has 0 spiro atoms. The third-order valence-electron chi connectivity index (χ3n) is 5.77. The number of aryl methyl sites for hydroxylation is 1. The number of carbonyl (C=O) groups excluding carboxylic acids is 1. The standard InChI is InChI=1S/C29H28FN5O3/c1-18-6-5-7-21-25(18)26(34-35(28(21)37)17-20-10-8-19(16-31)9-11-20)22-12-13-23(33-27(22)30)32-15-14-24(36)38-29(2,3)4/h5-13H,14-15,17H2,1-4H3,(H,32,33). The molecule has 0 bridgehead atoms. The van der Waals surface area contributed by atoms with E-state index >= 15 is 4.39 Å². The Labute approximate surface area is 219 Å². The lowest BCUT2D eigenvalue weighted by molar-refractivity contribution is -0.154. The van der Waals surface area contributed by atoms with Crippen molar-refractivity contribution in [3.8, 4) is 17.3 Å². The largest absolute Gasteiger partial charge is 0.460 e. The van der Waals surface area contributed by atoms with Crippen molar-refractivity contribution in [2.24, 2.45) is 0 Å². The van der Waals surface area contributed by atoms with Crippen LogP contribution in [-0.4, -0.2) is 32.9 Å². The minimum absolute atomic E-state index is 0.105. The first-order chi connectivity index (χ1) is 18.1. The summed E-state index contributed by atoms with van der Waals surface area (Å²) in [6, 6.07) is 17.4. The molecule has 0 aliphatic rings. The van der Waals surface area contributed by atoms with E-state index in [2.05, 4.69) is 21.5 Å². The van der Waals surface area contributed by atoms with Gasteiger partial charge >= 0.3 is 5.97 Å². The Bertz CT molecular complexity index is 1600. The van der Waals surface area contributed by atoms with Crippen LogP contribution in [0.4, 0.5) is 10.2 Å². The molecular formula is C29H28FN5O3. The Kier molecular flexibility index (Phi) is 7.53. The second kappa shape index (κ2) is 10.8.